The highest BCUT2D eigenvalue weighted by Gasteiger charge is 2.16. The van der Waals surface area contributed by atoms with Gasteiger partial charge in [-0.2, -0.15) is 0 Å². The number of fused-ring (bicyclic) bond motifs is 1. The van der Waals surface area contributed by atoms with Gasteiger partial charge in [-0.1, -0.05) is 31.7 Å². The van der Waals surface area contributed by atoms with E-state index in [-0.39, 0.29) is 7.43 Å². The molecule has 0 N–H and O–H groups in total. The molecule has 1 aliphatic heterocycles. The third-order valence-corrected chi connectivity index (χ3v) is 4.96. The van der Waals surface area contributed by atoms with E-state index < -0.39 is 0 Å². The zero-order valence-electron chi connectivity index (χ0n) is 15.1. The molecule has 2 aromatic heterocycles. The summed E-state index contributed by atoms with van der Waals surface area (Å²) in [6.07, 6.45) is 4.17. The SMILES string of the molecule is C.c1ccc(N2CCN(CCCCOc3cc4ccccn4n3)CC2)cc1. The first-order valence-corrected chi connectivity index (χ1v) is 9.48. The van der Waals surface area contributed by atoms with E-state index in [1.807, 2.05) is 35.0 Å². The van der Waals surface area contributed by atoms with Gasteiger partial charge in [0.2, 0.25) is 5.88 Å². The Bertz CT molecular complexity index is 776. The largest absolute Gasteiger partial charge is 0.477 e. The fraction of sp³-hybridized carbons (Fsp3) is 0.409. The number of anilines is 1. The molecule has 4 rings (SSSR count). The molecule has 0 bridgehead atoms. The van der Waals surface area contributed by atoms with Gasteiger partial charge in [0.15, 0.2) is 0 Å². The molecule has 3 aromatic rings. The van der Waals surface area contributed by atoms with Crippen LogP contribution >= 0.6 is 0 Å². The van der Waals surface area contributed by atoms with Crippen molar-refractivity contribution in [1.82, 2.24) is 14.5 Å². The van der Waals surface area contributed by atoms with E-state index >= 15 is 0 Å². The van der Waals surface area contributed by atoms with Gasteiger partial charge in [-0.3, -0.25) is 4.90 Å². The van der Waals surface area contributed by atoms with Crippen molar-refractivity contribution >= 4 is 11.2 Å². The maximum Gasteiger partial charge on any atom is 0.233 e. The van der Waals surface area contributed by atoms with E-state index in [0.717, 1.165) is 51.3 Å². The lowest BCUT2D eigenvalue weighted by molar-refractivity contribution is 0.236. The van der Waals surface area contributed by atoms with Crippen LogP contribution in [0.4, 0.5) is 5.69 Å². The van der Waals surface area contributed by atoms with E-state index in [4.69, 9.17) is 4.74 Å². The van der Waals surface area contributed by atoms with Crippen molar-refractivity contribution in [2.75, 3.05) is 44.2 Å². The van der Waals surface area contributed by atoms with Crippen molar-refractivity contribution in [1.29, 1.82) is 0 Å². The summed E-state index contributed by atoms with van der Waals surface area (Å²) in [5, 5.41) is 4.42. The molecule has 144 valence electrons. The van der Waals surface area contributed by atoms with Crippen molar-refractivity contribution in [3.05, 3.63) is 60.8 Å². The van der Waals surface area contributed by atoms with Gasteiger partial charge in [-0.15, -0.1) is 5.10 Å². The Morgan fingerprint density at radius 2 is 1.67 bits per heavy atom. The molecule has 0 spiro atoms. The average Bonchev–Trinajstić information content (AvgIpc) is 3.12. The van der Waals surface area contributed by atoms with Crippen LogP contribution in [0.2, 0.25) is 0 Å². The molecule has 0 unspecified atom stereocenters. The number of hydrogen-bond acceptors (Lipinski definition) is 4. The smallest absolute Gasteiger partial charge is 0.233 e. The summed E-state index contributed by atoms with van der Waals surface area (Å²) < 4.78 is 7.65. The number of pyridine rings is 1. The zero-order chi connectivity index (χ0) is 17.6. The Hall–Kier alpha value is -2.53. The van der Waals surface area contributed by atoms with E-state index in [9.17, 15) is 0 Å². The minimum absolute atomic E-state index is 0. The summed E-state index contributed by atoms with van der Waals surface area (Å²) in [4.78, 5) is 5.04. The molecule has 0 saturated carbocycles. The topological polar surface area (TPSA) is 33.0 Å². The molecule has 5 nitrogen and oxygen atoms in total. The van der Waals surface area contributed by atoms with E-state index in [0.29, 0.717) is 5.88 Å². The Kier molecular flexibility index (Phi) is 6.71. The highest BCUT2D eigenvalue weighted by atomic mass is 16.5. The average molecular weight is 367 g/mol. The van der Waals surface area contributed by atoms with Crippen molar-refractivity contribution in [2.24, 2.45) is 0 Å². The lowest BCUT2D eigenvalue weighted by Crippen LogP contribution is -2.46. The van der Waals surface area contributed by atoms with Crippen molar-refractivity contribution < 1.29 is 4.74 Å². The zero-order valence-corrected chi connectivity index (χ0v) is 15.1. The quantitative estimate of drug-likeness (QED) is 0.593. The lowest BCUT2D eigenvalue weighted by Gasteiger charge is -2.36. The van der Waals surface area contributed by atoms with Crippen molar-refractivity contribution in [2.45, 2.75) is 20.3 Å². The molecule has 5 heteroatoms. The predicted molar refractivity (Wildman–Crippen MR) is 112 cm³/mol. The van der Waals surface area contributed by atoms with Crippen LogP contribution in [-0.2, 0) is 0 Å². The first-order valence-electron chi connectivity index (χ1n) is 9.48. The summed E-state index contributed by atoms with van der Waals surface area (Å²) >= 11 is 0. The Balaban J connectivity index is 0.00000210. The van der Waals surface area contributed by atoms with Gasteiger partial charge in [-0.25, -0.2) is 4.52 Å². The number of unbranched alkanes of at least 4 members (excludes halogenated alkanes) is 1. The molecule has 3 heterocycles. The normalized spacial score (nSPS) is 14.9. The van der Waals surface area contributed by atoms with Crippen LogP contribution in [0.5, 0.6) is 5.88 Å². The maximum atomic E-state index is 5.80. The summed E-state index contributed by atoms with van der Waals surface area (Å²) in [5.41, 5.74) is 2.41. The van der Waals surface area contributed by atoms with Crippen LogP contribution in [0.1, 0.15) is 20.3 Å². The lowest BCUT2D eigenvalue weighted by atomic mass is 10.2. The molecule has 1 aliphatic rings. The monoisotopic (exact) mass is 366 g/mol. The highest BCUT2D eigenvalue weighted by Crippen LogP contribution is 2.16. The Labute approximate surface area is 162 Å². The minimum Gasteiger partial charge on any atom is -0.477 e. The van der Waals surface area contributed by atoms with Crippen LogP contribution in [0.3, 0.4) is 0 Å². The molecule has 0 radical (unpaired) electrons. The number of para-hydroxylation sites is 1. The number of rotatable bonds is 7. The summed E-state index contributed by atoms with van der Waals surface area (Å²) in [7, 11) is 0. The second kappa shape index (κ2) is 9.42. The van der Waals surface area contributed by atoms with Crippen LogP contribution < -0.4 is 9.64 Å². The highest BCUT2D eigenvalue weighted by molar-refractivity contribution is 5.48. The molecular weight excluding hydrogens is 336 g/mol. The van der Waals surface area contributed by atoms with E-state index in [1.54, 1.807) is 0 Å². The summed E-state index contributed by atoms with van der Waals surface area (Å²) in [5.74, 6) is 0.715. The second-order valence-electron chi connectivity index (χ2n) is 6.77. The first kappa shape index (κ1) is 19.2. The standard InChI is InChI=1S/C21H26N4O.CH4/c1-2-8-19(9-3-1)24-15-13-23(14-16-24)11-6-7-17-26-21-18-20-10-4-5-12-25(20)22-21;/h1-5,8-10,12,18H,6-7,11,13-17H2;1H4. The predicted octanol–water partition coefficient (Wildman–Crippen LogP) is 3.95. The van der Waals surface area contributed by atoms with Gasteiger partial charge in [-0.05, 0) is 43.7 Å². The minimum atomic E-state index is 0. The van der Waals surface area contributed by atoms with Gasteiger partial charge < -0.3 is 9.64 Å². The molecule has 27 heavy (non-hydrogen) atoms. The molecule has 1 aromatic carbocycles. The van der Waals surface area contributed by atoms with Gasteiger partial charge in [0, 0.05) is 44.1 Å². The maximum absolute atomic E-state index is 5.80. The first-order chi connectivity index (χ1) is 12.9. The van der Waals surface area contributed by atoms with Crippen LogP contribution in [-0.4, -0.2) is 53.8 Å². The molecular formula is C22H30N4O. The van der Waals surface area contributed by atoms with Crippen LogP contribution in [0, 0.1) is 0 Å². The fourth-order valence-electron chi connectivity index (χ4n) is 3.47. The third kappa shape index (κ3) is 5.01. The van der Waals surface area contributed by atoms with Crippen LogP contribution in [0.15, 0.2) is 60.8 Å². The third-order valence-electron chi connectivity index (χ3n) is 4.96. The van der Waals surface area contributed by atoms with Gasteiger partial charge in [0.1, 0.15) is 0 Å². The second-order valence-corrected chi connectivity index (χ2v) is 6.77. The number of ether oxygens (including phenoxy) is 1. The number of aromatic nitrogens is 2. The van der Waals surface area contributed by atoms with Gasteiger partial charge >= 0.3 is 0 Å². The Morgan fingerprint density at radius 1 is 0.889 bits per heavy atom. The number of hydrogen-bond donors (Lipinski definition) is 0. The van der Waals surface area contributed by atoms with E-state index in [1.165, 1.54) is 12.1 Å². The van der Waals surface area contributed by atoms with Crippen molar-refractivity contribution in [3.63, 3.8) is 0 Å². The molecule has 0 aliphatic carbocycles. The van der Waals surface area contributed by atoms with Gasteiger partial charge in [0.25, 0.3) is 0 Å². The van der Waals surface area contributed by atoms with Gasteiger partial charge in [0.05, 0.1) is 12.1 Å². The van der Waals surface area contributed by atoms with E-state index in [2.05, 4.69) is 45.2 Å². The number of piperazine rings is 1. The number of nitrogens with zero attached hydrogens (tertiary/aromatic N) is 4. The Morgan fingerprint density at radius 3 is 2.44 bits per heavy atom. The number of benzene rings is 1. The molecule has 0 amide bonds. The summed E-state index contributed by atoms with van der Waals surface area (Å²) in [6, 6.07) is 18.7. The fourth-order valence-corrected chi connectivity index (χ4v) is 3.47. The van der Waals surface area contributed by atoms with Crippen LogP contribution in [0.25, 0.3) is 5.52 Å². The molecule has 0 atom stereocenters. The molecule has 1 fully saturated rings. The summed E-state index contributed by atoms with van der Waals surface area (Å²) in [6.45, 7) is 6.39. The van der Waals surface area contributed by atoms with Crippen molar-refractivity contribution in [3.8, 4) is 5.88 Å². The molecule has 1 saturated heterocycles.